The van der Waals surface area contributed by atoms with E-state index in [1.807, 2.05) is 36.7 Å². The highest BCUT2D eigenvalue weighted by Gasteiger charge is 2.16. The molecule has 0 aliphatic heterocycles. The molecule has 2 aliphatic rings. The number of hydrogen-bond donors (Lipinski definition) is 0. The van der Waals surface area contributed by atoms with Crippen LogP contribution in [0, 0.1) is 0 Å². The summed E-state index contributed by atoms with van der Waals surface area (Å²) in [4.78, 5) is 9.35. The molecule has 0 radical (unpaired) electrons. The number of benzene rings is 4. The number of unbranched alkanes of at least 4 members (excludes halogenated alkanes) is 2. The van der Waals surface area contributed by atoms with Gasteiger partial charge >= 0.3 is 0 Å². The molecule has 0 atom stereocenters. The lowest BCUT2D eigenvalue weighted by molar-refractivity contribution is 0.279. The zero-order chi connectivity index (χ0) is 31.9. The van der Waals surface area contributed by atoms with E-state index < -0.39 is 0 Å². The Bertz CT molecular complexity index is 1410. The Morgan fingerprint density at radius 3 is 1.21 bits per heavy atom. The predicted octanol–water partition coefficient (Wildman–Crippen LogP) is 11.9. The lowest BCUT2D eigenvalue weighted by Crippen LogP contribution is -2.03. The lowest BCUT2D eigenvalue weighted by atomic mass is 9.84. The number of ether oxygens (including phenoxy) is 2. The number of nitrogens with zero attached hydrogens (tertiary/aromatic N) is 2. The molecule has 0 N–H and O–H groups in total. The molecular weight excluding hydrogens is 576 g/mol. The molecule has 0 unspecified atom stereocenters. The lowest BCUT2D eigenvalue weighted by Gasteiger charge is -2.21. The highest BCUT2D eigenvalue weighted by molar-refractivity contribution is 5.82. The molecule has 0 spiro atoms. The van der Waals surface area contributed by atoms with Crippen molar-refractivity contribution in [3.63, 3.8) is 0 Å². The third-order valence-electron chi connectivity index (χ3n) is 9.75. The quantitative estimate of drug-likeness (QED) is 0.103. The van der Waals surface area contributed by atoms with Gasteiger partial charge in [0.1, 0.15) is 11.5 Å². The average Bonchev–Trinajstić information content (AvgIpc) is 3.15. The van der Waals surface area contributed by atoms with Gasteiger partial charge < -0.3 is 9.47 Å². The maximum atomic E-state index is 5.96. The Hall–Kier alpha value is -4.18. The van der Waals surface area contributed by atoms with Crippen molar-refractivity contribution < 1.29 is 9.47 Å². The normalized spacial score (nSPS) is 16.2. The van der Waals surface area contributed by atoms with Crippen molar-refractivity contribution in [3.8, 4) is 11.5 Å². The van der Waals surface area contributed by atoms with E-state index in [0.717, 1.165) is 65.1 Å². The molecule has 4 aromatic rings. The minimum absolute atomic E-state index is 0.706. The van der Waals surface area contributed by atoms with Gasteiger partial charge in [-0.25, -0.2) is 0 Å². The summed E-state index contributed by atoms with van der Waals surface area (Å²) < 4.78 is 11.9. The van der Waals surface area contributed by atoms with Crippen LogP contribution in [-0.4, -0.2) is 25.6 Å². The third kappa shape index (κ3) is 10.4. The fraction of sp³-hybridized carbons (Fsp3) is 0.395. The van der Waals surface area contributed by atoms with Crippen molar-refractivity contribution in [1.29, 1.82) is 0 Å². The van der Waals surface area contributed by atoms with Crippen LogP contribution in [0.25, 0.3) is 0 Å². The van der Waals surface area contributed by atoms with Gasteiger partial charge in [0.2, 0.25) is 0 Å². The fourth-order valence-corrected chi connectivity index (χ4v) is 6.90. The van der Waals surface area contributed by atoms with Crippen molar-refractivity contribution in [2.45, 2.75) is 95.3 Å². The first-order valence-corrected chi connectivity index (χ1v) is 18.0. The zero-order valence-corrected chi connectivity index (χ0v) is 27.9. The second-order valence-electron chi connectivity index (χ2n) is 13.3. The summed E-state index contributed by atoms with van der Waals surface area (Å²) in [5.41, 5.74) is 7.09. The molecule has 0 bridgehead atoms. The molecule has 2 aliphatic carbocycles. The summed E-state index contributed by atoms with van der Waals surface area (Å²) in [6, 6.07) is 34.0. The van der Waals surface area contributed by atoms with Gasteiger partial charge in [-0.15, -0.1) is 0 Å². The maximum Gasteiger partial charge on any atom is 0.119 e. The molecule has 2 saturated carbocycles. The zero-order valence-electron chi connectivity index (χ0n) is 27.9. The molecule has 47 heavy (non-hydrogen) atoms. The van der Waals surface area contributed by atoms with Crippen molar-refractivity contribution in [3.05, 3.63) is 119 Å². The van der Waals surface area contributed by atoms with Crippen LogP contribution in [0.15, 0.2) is 107 Å². The number of aliphatic imine (C=N–C) groups is 2. The first-order chi connectivity index (χ1) is 23.3. The van der Waals surface area contributed by atoms with Crippen LogP contribution in [0.2, 0.25) is 0 Å². The first-order valence-electron chi connectivity index (χ1n) is 18.0. The van der Waals surface area contributed by atoms with Gasteiger partial charge in [0.25, 0.3) is 0 Å². The van der Waals surface area contributed by atoms with E-state index in [4.69, 9.17) is 9.47 Å². The van der Waals surface area contributed by atoms with Gasteiger partial charge in [-0.05, 0) is 152 Å². The Morgan fingerprint density at radius 2 is 0.830 bits per heavy atom. The van der Waals surface area contributed by atoms with Gasteiger partial charge in [-0.1, -0.05) is 62.8 Å². The fourth-order valence-electron chi connectivity index (χ4n) is 6.90. The van der Waals surface area contributed by atoms with E-state index in [-0.39, 0.29) is 0 Å². The number of hydrogen-bond acceptors (Lipinski definition) is 4. The van der Waals surface area contributed by atoms with Gasteiger partial charge in [0.05, 0.1) is 24.6 Å². The van der Waals surface area contributed by atoms with Crippen molar-refractivity contribution in [1.82, 2.24) is 0 Å². The SMILES string of the molecule is C(=Nc1ccc(C2CCCCC2)cc1)c1ccc(OCCCCCOc2ccc(C=Nc3ccc(C4CCCCC4)cc3)cc2)cc1. The summed E-state index contributed by atoms with van der Waals surface area (Å²) in [6.45, 7) is 1.41. The standard InChI is InChI=1S/C43H50N2O2/c1-4-10-36(11-5-1)38-18-22-40(23-19-38)44-32-34-14-26-42(27-15-34)46-30-8-3-9-31-47-43-28-16-35(17-29-43)33-45-41-24-20-39(21-25-41)37-12-6-2-7-13-37/h14-29,32-33,36-37H,1-13,30-31H2. The topological polar surface area (TPSA) is 43.2 Å². The Balaban J connectivity index is 0.835. The summed E-state index contributed by atoms with van der Waals surface area (Å²) in [5, 5.41) is 0. The van der Waals surface area contributed by atoms with Gasteiger partial charge in [0.15, 0.2) is 0 Å². The van der Waals surface area contributed by atoms with E-state index in [2.05, 4.69) is 82.8 Å². The van der Waals surface area contributed by atoms with Crippen LogP contribution in [0.3, 0.4) is 0 Å². The van der Waals surface area contributed by atoms with Crippen LogP contribution >= 0.6 is 0 Å². The monoisotopic (exact) mass is 626 g/mol. The predicted molar refractivity (Wildman–Crippen MR) is 197 cm³/mol. The van der Waals surface area contributed by atoms with E-state index in [9.17, 15) is 0 Å². The molecule has 0 saturated heterocycles. The summed E-state index contributed by atoms with van der Waals surface area (Å²) >= 11 is 0. The average molecular weight is 627 g/mol. The molecule has 4 nitrogen and oxygen atoms in total. The summed E-state index contributed by atoms with van der Waals surface area (Å²) in [5.74, 6) is 3.26. The molecular formula is C43H50N2O2. The summed E-state index contributed by atoms with van der Waals surface area (Å²) in [7, 11) is 0. The summed E-state index contributed by atoms with van der Waals surface area (Å²) in [6.07, 6.45) is 20.5. The second-order valence-corrected chi connectivity index (χ2v) is 13.3. The van der Waals surface area contributed by atoms with Crippen LogP contribution < -0.4 is 9.47 Å². The molecule has 4 aromatic carbocycles. The second kappa shape index (κ2) is 17.7. The molecule has 0 heterocycles. The van der Waals surface area contributed by atoms with Gasteiger partial charge in [-0.2, -0.15) is 0 Å². The smallest absolute Gasteiger partial charge is 0.119 e. The van der Waals surface area contributed by atoms with Gasteiger partial charge in [-0.3, -0.25) is 9.98 Å². The van der Waals surface area contributed by atoms with Crippen LogP contribution in [0.1, 0.15) is 118 Å². The first kappa shape index (κ1) is 32.7. The molecule has 0 aromatic heterocycles. The molecule has 6 rings (SSSR count). The minimum Gasteiger partial charge on any atom is -0.494 e. The van der Waals surface area contributed by atoms with Gasteiger partial charge in [0, 0.05) is 12.4 Å². The third-order valence-corrected chi connectivity index (χ3v) is 9.75. The van der Waals surface area contributed by atoms with Crippen molar-refractivity contribution >= 4 is 23.8 Å². The Kier molecular flexibility index (Phi) is 12.3. The molecule has 244 valence electrons. The molecule has 2 fully saturated rings. The van der Waals surface area contributed by atoms with Crippen molar-refractivity contribution in [2.75, 3.05) is 13.2 Å². The highest BCUT2D eigenvalue weighted by Crippen LogP contribution is 2.34. The Morgan fingerprint density at radius 1 is 0.447 bits per heavy atom. The van der Waals surface area contributed by atoms with E-state index in [1.54, 1.807) is 0 Å². The molecule has 0 amide bonds. The van der Waals surface area contributed by atoms with Crippen LogP contribution in [0.4, 0.5) is 11.4 Å². The van der Waals surface area contributed by atoms with Crippen LogP contribution in [-0.2, 0) is 0 Å². The number of rotatable bonds is 14. The minimum atomic E-state index is 0.706. The van der Waals surface area contributed by atoms with Crippen LogP contribution in [0.5, 0.6) is 11.5 Å². The molecule has 4 heteroatoms. The van der Waals surface area contributed by atoms with E-state index >= 15 is 0 Å². The highest BCUT2D eigenvalue weighted by atomic mass is 16.5. The van der Waals surface area contributed by atoms with E-state index in [0.29, 0.717) is 13.2 Å². The van der Waals surface area contributed by atoms with E-state index in [1.165, 1.54) is 75.3 Å². The van der Waals surface area contributed by atoms with Crippen molar-refractivity contribution in [2.24, 2.45) is 9.98 Å². The maximum absolute atomic E-state index is 5.96. The Labute approximate surface area is 282 Å². The largest absolute Gasteiger partial charge is 0.494 e.